The van der Waals surface area contributed by atoms with Crippen LogP contribution < -0.4 is 11.0 Å². The zero-order valence-corrected chi connectivity index (χ0v) is 14.0. The maximum Gasteiger partial charge on any atom is 0.343 e. The van der Waals surface area contributed by atoms with Crippen LogP contribution >= 0.6 is 27.7 Å². The Morgan fingerprint density at radius 1 is 1.55 bits per heavy atom. The van der Waals surface area contributed by atoms with Gasteiger partial charge < -0.3 is 5.32 Å². The van der Waals surface area contributed by atoms with Crippen molar-refractivity contribution in [3.63, 3.8) is 0 Å². The van der Waals surface area contributed by atoms with Crippen molar-refractivity contribution < 1.29 is 0 Å². The number of rotatable bonds is 5. The number of halogens is 1. The van der Waals surface area contributed by atoms with Crippen molar-refractivity contribution in [2.24, 2.45) is 0 Å². The molecule has 0 saturated carbocycles. The van der Waals surface area contributed by atoms with Gasteiger partial charge in [-0.2, -0.15) is 0 Å². The lowest BCUT2D eigenvalue weighted by molar-refractivity contribution is 0.649. The monoisotopic (exact) mass is 356 g/mol. The van der Waals surface area contributed by atoms with E-state index in [1.54, 1.807) is 4.57 Å². The molecule has 1 heterocycles. The number of nitrogens with zero attached hydrogens (tertiary/aromatic N) is 2. The van der Waals surface area contributed by atoms with E-state index in [1.807, 2.05) is 26.1 Å². The molecule has 0 aliphatic heterocycles. The SMILES string of the molecule is CCn1c(Sc2ccc(C(C)NC)c(Br)c2)n[nH]c1=O. The van der Waals surface area contributed by atoms with Crippen molar-refractivity contribution in [1.82, 2.24) is 20.1 Å². The number of aromatic nitrogens is 3. The molecule has 0 bridgehead atoms. The van der Waals surface area contributed by atoms with Crippen molar-refractivity contribution in [2.75, 3.05) is 7.05 Å². The lowest BCUT2D eigenvalue weighted by Crippen LogP contribution is -2.16. The number of hydrogen-bond donors (Lipinski definition) is 2. The van der Waals surface area contributed by atoms with Gasteiger partial charge in [0, 0.05) is 22.0 Å². The number of benzene rings is 1. The average molecular weight is 357 g/mol. The summed E-state index contributed by atoms with van der Waals surface area (Å²) in [5, 5.41) is 10.4. The number of H-pyrrole nitrogens is 1. The van der Waals surface area contributed by atoms with E-state index in [2.05, 4.69) is 44.4 Å². The van der Waals surface area contributed by atoms with Gasteiger partial charge in [-0.3, -0.25) is 4.57 Å². The Bertz CT molecular complexity index is 652. The van der Waals surface area contributed by atoms with E-state index in [1.165, 1.54) is 17.3 Å². The molecule has 0 aliphatic rings. The minimum Gasteiger partial charge on any atom is -0.313 e. The highest BCUT2D eigenvalue weighted by Crippen LogP contribution is 2.31. The average Bonchev–Trinajstić information content (AvgIpc) is 2.78. The van der Waals surface area contributed by atoms with Crippen molar-refractivity contribution in [2.45, 2.75) is 36.5 Å². The van der Waals surface area contributed by atoms with Crippen molar-refractivity contribution in [3.8, 4) is 0 Å². The van der Waals surface area contributed by atoms with Gasteiger partial charge in [-0.05, 0) is 50.4 Å². The van der Waals surface area contributed by atoms with Crippen molar-refractivity contribution in [1.29, 1.82) is 0 Å². The Morgan fingerprint density at radius 2 is 2.30 bits per heavy atom. The Kier molecular flexibility index (Phi) is 5.06. The second-order valence-electron chi connectivity index (χ2n) is 4.35. The summed E-state index contributed by atoms with van der Waals surface area (Å²) in [5.41, 5.74) is 1.03. The number of nitrogens with one attached hydrogen (secondary N) is 2. The normalized spacial score (nSPS) is 12.6. The third kappa shape index (κ3) is 3.16. The summed E-state index contributed by atoms with van der Waals surface area (Å²) in [4.78, 5) is 12.6. The van der Waals surface area contributed by atoms with E-state index in [9.17, 15) is 4.79 Å². The fourth-order valence-electron chi connectivity index (χ4n) is 1.84. The molecule has 1 unspecified atom stereocenters. The van der Waals surface area contributed by atoms with Gasteiger partial charge in [0.15, 0.2) is 5.16 Å². The lowest BCUT2D eigenvalue weighted by Gasteiger charge is -2.13. The maximum absolute atomic E-state index is 11.5. The van der Waals surface area contributed by atoms with Gasteiger partial charge in [0.1, 0.15) is 0 Å². The molecule has 0 amide bonds. The number of hydrogen-bond acceptors (Lipinski definition) is 4. The third-order valence-electron chi connectivity index (χ3n) is 3.12. The Hall–Kier alpha value is -1.05. The highest BCUT2D eigenvalue weighted by Gasteiger charge is 2.11. The first-order valence-electron chi connectivity index (χ1n) is 6.36. The van der Waals surface area contributed by atoms with E-state index in [-0.39, 0.29) is 11.7 Å². The Balaban J connectivity index is 2.26. The molecule has 7 heteroatoms. The van der Waals surface area contributed by atoms with Crippen LogP contribution in [-0.4, -0.2) is 21.8 Å². The minimum atomic E-state index is -0.172. The molecule has 1 aromatic heterocycles. The second kappa shape index (κ2) is 6.60. The molecule has 0 saturated heterocycles. The summed E-state index contributed by atoms with van der Waals surface area (Å²) >= 11 is 5.06. The van der Waals surface area contributed by atoms with E-state index in [0.29, 0.717) is 11.7 Å². The van der Waals surface area contributed by atoms with Gasteiger partial charge in [-0.1, -0.05) is 22.0 Å². The Labute approximate surface area is 130 Å². The minimum absolute atomic E-state index is 0.172. The highest BCUT2D eigenvalue weighted by molar-refractivity contribution is 9.10. The summed E-state index contributed by atoms with van der Waals surface area (Å²) in [6.07, 6.45) is 0. The molecule has 0 radical (unpaired) electrons. The van der Waals surface area contributed by atoms with Crippen LogP contribution in [-0.2, 0) is 6.54 Å². The molecule has 2 rings (SSSR count). The largest absolute Gasteiger partial charge is 0.343 e. The first-order valence-corrected chi connectivity index (χ1v) is 7.97. The maximum atomic E-state index is 11.5. The zero-order valence-electron chi connectivity index (χ0n) is 11.6. The topological polar surface area (TPSA) is 62.7 Å². The molecule has 20 heavy (non-hydrogen) atoms. The summed E-state index contributed by atoms with van der Waals surface area (Å²) < 4.78 is 2.66. The van der Waals surface area contributed by atoms with Gasteiger partial charge in [0.05, 0.1) is 0 Å². The van der Waals surface area contributed by atoms with Crippen LogP contribution in [0.3, 0.4) is 0 Å². The smallest absolute Gasteiger partial charge is 0.313 e. The first-order chi connectivity index (χ1) is 9.56. The fraction of sp³-hybridized carbons (Fsp3) is 0.385. The fourth-order valence-corrected chi connectivity index (χ4v) is 3.65. The third-order valence-corrected chi connectivity index (χ3v) is 4.79. The molecule has 1 aromatic carbocycles. The van der Waals surface area contributed by atoms with Gasteiger partial charge >= 0.3 is 5.69 Å². The highest BCUT2D eigenvalue weighted by atomic mass is 79.9. The molecular weight excluding hydrogens is 340 g/mol. The van der Waals surface area contributed by atoms with E-state index < -0.39 is 0 Å². The molecule has 0 aliphatic carbocycles. The van der Waals surface area contributed by atoms with Crippen LogP contribution in [0.15, 0.2) is 37.5 Å². The molecule has 108 valence electrons. The van der Waals surface area contributed by atoms with E-state index >= 15 is 0 Å². The molecule has 0 fully saturated rings. The molecule has 0 spiro atoms. The zero-order chi connectivity index (χ0) is 14.7. The van der Waals surface area contributed by atoms with E-state index in [4.69, 9.17) is 0 Å². The molecule has 2 aromatic rings. The Morgan fingerprint density at radius 3 is 2.90 bits per heavy atom. The molecule has 5 nitrogen and oxygen atoms in total. The van der Waals surface area contributed by atoms with Crippen LogP contribution in [0, 0.1) is 0 Å². The number of aromatic amines is 1. The van der Waals surface area contributed by atoms with Crippen molar-refractivity contribution >= 4 is 27.7 Å². The van der Waals surface area contributed by atoms with Crippen LogP contribution in [0.5, 0.6) is 0 Å². The van der Waals surface area contributed by atoms with Crippen LogP contribution in [0.2, 0.25) is 0 Å². The van der Waals surface area contributed by atoms with Gasteiger partial charge in [0.25, 0.3) is 0 Å². The van der Waals surface area contributed by atoms with Crippen LogP contribution in [0.1, 0.15) is 25.5 Å². The lowest BCUT2D eigenvalue weighted by atomic mass is 10.1. The predicted octanol–water partition coefficient (Wildman–Crippen LogP) is 2.79. The van der Waals surface area contributed by atoms with Gasteiger partial charge in [-0.15, -0.1) is 5.10 Å². The van der Waals surface area contributed by atoms with Crippen LogP contribution in [0.4, 0.5) is 0 Å². The molecule has 1 atom stereocenters. The molecule has 2 N–H and O–H groups in total. The quantitative estimate of drug-likeness (QED) is 0.864. The molecular formula is C13H17BrN4OS. The van der Waals surface area contributed by atoms with E-state index in [0.717, 1.165) is 9.37 Å². The van der Waals surface area contributed by atoms with Gasteiger partial charge in [0.2, 0.25) is 0 Å². The standard InChI is InChI=1S/C13H17BrN4OS/c1-4-18-12(19)16-17-13(18)20-9-5-6-10(8(2)15-3)11(14)7-9/h5-8,15H,4H2,1-3H3,(H,16,19). The van der Waals surface area contributed by atoms with Crippen LogP contribution in [0.25, 0.3) is 0 Å². The summed E-state index contributed by atoms with van der Waals surface area (Å²) in [5.74, 6) is 0. The second-order valence-corrected chi connectivity index (χ2v) is 6.25. The summed E-state index contributed by atoms with van der Waals surface area (Å²) in [7, 11) is 1.93. The predicted molar refractivity (Wildman–Crippen MR) is 84.3 cm³/mol. The van der Waals surface area contributed by atoms with Crippen molar-refractivity contribution in [3.05, 3.63) is 38.7 Å². The van der Waals surface area contributed by atoms with Gasteiger partial charge in [-0.25, -0.2) is 9.89 Å². The summed E-state index contributed by atoms with van der Waals surface area (Å²) in [6.45, 7) is 4.64. The first kappa shape index (κ1) is 15.3. The summed E-state index contributed by atoms with van der Waals surface area (Å²) in [6, 6.07) is 6.45.